The smallest absolute Gasteiger partial charge is 0.260 e. The van der Waals surface area contributed by atoms with E-state index in [1.165, 1.54) is 30.5 Å². The molecular formula is C10H8N2O4. The number of hydrogen-bond donors (Lipinski definition) is 3. The lowest BCUT2D eigenvalue weighted by Crippen LogP contribution is -2.12. The van der Waals surface area contributed by atoms with Crippen LogP contribution in [0.15, 0.2) is 35.1 Å². The van der Waals surface area contributed by atoms with Gasteiger partial charge >= 0.3 is 0 Å². The van der Waals surface area contributed by atoms with Crippen molar-refractivity contribution in [1.82, 2.24) is 5.16 Å². The van der Waals surface area contributed by atoms with Gasteiger partial charge in [-0.25, -0.2) is 0 Å². The number of nitrogens with zero attached hydrogens (tertiary/aromatic N) is 1. The fraction of sp³-hybridized carbons (Fsp3) is 0. The molecule has 0 saturated carbocycles. The summed E-state index contributed by atoms with van der Waals surface area (Å²) in [5, 5.41) is 24.5. The van der Waals surface area contributed by atoms with Crippen molar-refractivity contribution in [3.63, 3.8) is 0 Å². The summed E-state index contributed by atoms with van der Waals surface area (Å²) in [5.41, 5.74) is -0.0389. The molecule has 0 bridgehead atoms. The van der Waals surface area contributed by atoms with Gasteiger partial charge in [0.05, 0.1) is 5.56 Å². The van der Waals surface area contributed by atoms with Crippen LogP contribution in [0.1, 0.15) is 10.4 Å². The Balaban J connectivity index is 2.24. The first kappa shape index (κ1) is 10.0. The standard InChI is InChI=1S/C10H8N2O4/c13-7-3-1-2-6(9(7)14)10(15)11-8-4-5-16-12-8/h1-5,13-14H,(H,11,12,15). The minimum Gasteiger partial charge on any atom is -0.504 e. The van der Waals surface area contributed by atoms with Crippen molar-refractivity contribution in [2.75, 3.05) is 5.32 Å². The zero-order valence-electron chi connectivity index (χ0n) is 8.04. The lowest BCUT2D eigenvalue weighted by Gasteiger charge is -2.04. The maximum atomic E-state index is 11.6. The molecule has 1 heterocycles. The predicted octanol–water partition coefficient (Wildman–Crippen LogP) is 1.34. The Hall–Kier alpha value is -2.50. The normalized spacial score (nSPS) is 10.0. The van der Waals surface area contributed by atoms with E-state index in [2.05, 4.69) is 15.0 Å². The van der Waals surface area contributed by atoms with Gasteiger partial charge in [-0.3, -0.25) is 4.79 Å². The van der Waals surface area contributed by atoms with Crippen molar-refractivity contribution < 1.29 is 19.5 Å². The molecule has 0 saturated heterocycles. The lowest BCUT2D eigenvalue weighted by molar-refractivity contribution is 0.102. The van der Waals surface area contributed by atoms with Gasteiger partial charge in [-0.05, 0) is 12.1 Å². The van der Waals surface area contributed by atoms with Gasteiger partial charge in [0.25, 0.3) is 5.91 Å². The van der Waals surface area contributed by atoms with E-state index in [4.69, 9.17) is 0 Å². The number of phenols is 2. The average molecular weight is 220 g/mol. The first-order valence-electron chi connectivity index (χ1n) is 4.41. The van der Waals surface area contributed by atoms with Crippen molar-refractivity contribution >= 4 is 11.7 Å². The van der Waals surface area contributed by atoms with Gasteiger partial charge in [0.1, 0.15) is 6.26 Å². The summed E-state index contributed by atoms with van der Waals surface area (Å²) in [5.74, 6) is -1.17. The molecular weight excluding hydrogens is 212 g/mol. The molecule has 1 aromatic heterocycles. The molecule has 6 heteroatoms. The number of phenolic OH excluding ortho intramolecular Hbond substituents is 2. The first-order chi connectivity index (χ1) is 7.68. The Labute approximate surface area is 90.1 Å². The Bertz CT molecular complexity index is 508. The number of rotatable bonds is 2. The Morgan fingerprint density at radius 3 is 2.81 bits per heavy atom. The molecule has 0 aliphatic heterocycles. The molecule has 2 rings (SSSR count). The molecule has 0 atom stereocenters. The molecule has 0 aliphatic carbocycles. The highest BCUT2D eigenvalue weighted by molar-refractivity contribution is 6.06. The van der Waals surface area contributed by atoms with E-state index in [1.54, 1.807) is 0 Å². The van der Waals surface area contributed by atoms with Crippen LogP contribution < -0.4 is 5.32 Å². The van der Waals surface area contributed by atoms with Gasteiger partial charge in [0.2, 0.25) is 0 Å². The summed E-state index contributed by atoms with van der Waals surface area (Å²) < 4.78 is 4.53. The van der Waals surface area contributed by atoms with Crippen LogP contribution >= 0.6 is 0 Å². The minimum atomic E-state index is -0.581. The minimum absolute atomic E-state index is 0.0389. The van der Waals surface area contributed by atoms with Crippen molar-refractivity contribution in [3.05, 3.63) is 36.1 Å². The van der Waals surface area contributed by atoms with Crippen LogP contribution in [-0.4, -0.2) is 21.3 Å². The topological polar surface area (TPSA) is 95.6 Å². The second-order valence-corrected chi connectivity index (χ2v) is 3.01. The number of aromatic hydroxyl groups is 2. The van der Waals surface area contributed by atoms with Crippen LogP contribution in [0, 0.1) is 0 Å². The maximum absolute atomic E-state index is 11.6. The van der Waals surface area contributed by atoms with Crippen molar-refractivity contribution in [3.8, 4) is 11.5 Å². The molecule has 0 fully saturated rings. The number of nitrogens with one attached hydrogen (secondary N) is 1. The molecule has 6 nitrogen and oxygen atoms in total. The summed E-state index contributed by atoms with van der Waals surface area (Å²) >= 11 is 0. The second kappa shape index (κ2) is 3.93. The molecule has 3 N–H and O–H groups in total. The largest absolute Gasteiger partial charge is 0.504 e. The highest BCUT2D eigenvalue weighted by Gasteiger charge is 2.14. The van der Waals surface area contributed by atoms with E-state index in [-0.39, 0.29) is 17.1 Å². The highest BCUT2D eigenvalue weighted by Crippen LogP contribution is 2.28. The van der Waals surface area contributed by atoms with Crippen LogP contribution in [0.3, 0.4) is 0 Å². The zero-order valence-corrected chi connectivity index (χ0v) is 8.04. The maximum Gasteiger partial charge on any atom is 0.260 e. The van der Waals surface area contributed by atoms with E-state index >= 15 is 0 Å². The molecule has 2 aromatic rings. The summed E-state index contributed by atoms with van der Waals surface area (Å²) in [7, 11) is 0. The number of amides is 1. The van der Waals surface area contributed by atoms with E-state index in [9.17, 15) is 15.0 Å². The zero-order chi connectivity index (χ0) is 11.5. The van der Waals surface area contributed by atoms with Crippen LogP contribution in [0.2, 0.25) is 0 Å². The quantitative estimate of drug-likeness (QED) is 0.663. The molecule has 1 aromatic carbocycles. The van der Waals surface area contributed by atoms with Gasteiger partial charge in [0.15, 0.2) is 17.3 Å². The van der Waals surface area contributed by atoms with Crippen molar-refractivity contribution in [2.45, 2.75) is 0 Å². The van der Waals surface area contributed by atoms with Crippen molar-refractivity contribution in [2.24, 2.45) is 0 Å². The molecule has 82 valence electrons. The Morgan fingerprint density at radius 1 is 1.31 bits per heavy atom. The van der Waals surface area contributed by atoms with Crippen LogP contribution in [0.5, 0.6) is 11.5 Å². The predicted molar refractivity (Wildman–Crippen MR) is 54.2 cm³/mol. The van der Waals surface area contributed by atoms with Gasteiger partial charge in [-0.2, -0.15) is 0 Å². The Morgan fingerprint density at radius 2 is 2.12 bits per heavy atom. The van der Waals surface area contributed by atoms with E-state index in [0.717, 1.165) is 0 Å². The third kappa shape index (κ3) is 1.81. The number of carbonyl (C=O) groups excluding carboxylic acids is 1. The van der Waals surface area contributed by atoms with Crippen LogP contribution in [0.4, 0.5) is 5.82 Å². The highest BCUT2D eigenvalue weighted by atomic mass is 16.5. The fourth-order valence-electron chi connectivity index (χ4n) is 1.18. The number of aromatic nitrogens is 1. The summed E-state index contributed by atoms with van der Waals surface area (Å²) in [6, 6.07) is 5.57. The summed E-state index contributed by atoms with van der Waals surface area (Å²) in [6.45, 7) is 0. The third-order valence-electron chi connectivity index (χ3n) is 1.94. The number of carbonyl (C=O) groups is 1. The van der Waals surface area contributed by atoms with Crippen LogP contribution in [-0.2, 0) is 0 Å². The number of hydrogen-bond acceptors (Lipinski definition) is 5. The second-order valence-electron chi connectivity index (χ2n) is 3.01. The Kier molecular flexibility index (Phi) is 2.47. The lowest BCUT2D eigenvalue weighted by atomic mass is 10.1. The summed E-state index contributed by atoms with van der Waals surface area (Å²) in [6.07, 6.45) is 1.30. The molecule has 1 amide bonds. The molecule has 0 aliphatic rings. The van der Waals surface area contributed by atoms with E-state index in [0.29, 0.717) is 0 Å². The SMILES string of the molecule is O=C(Nc1ccon1)c1cccc(O)c1O. The van der Waals surface area contributed by atoms with Gasteiger partial charge < -0.3 is 20.1 Å². The van der Waals surface area contributed by atoms with Gasteiger partial charge in [-0.1, -0.05) is 11.2 Å². The van der Waals surface area contributed by atoms with Crippen molar-refractivity contribution in [1.29, 1.82) is 0 Å². The molecule has 16 heavy (non-hydrogen) atoms. The molecule has 0 radical (unpaired) electrons. The van der Waals surface area contributed by atoms with Gasteiger partial charge in [-0.15, -0.1) is 0 Å². The van der Waals surface area contributed by atoms with Crippen LogP contribution in [0.25, 0.3) is 0 Å². The fourth-order valence-corrected chi connectivity index (χ4v) is 1.18. The summed E-state index contributed by atoms with van der Waals surface area (Å²) in [4.78, 5) is 11.6. The molecule has 0 unspecified atom stereocenters. The average Bonchev–Trinajstić information content (AvgIpc) is 2.74. The number of anilines is 1. The number of para-hydroxylation sites is 1. The molecule has 0 spiro atoms. The van der Waals surface area contributed by atoms with E-state index in [1.807, 2.05) is 0 Å². The third-order valence-corrected chi connectivity index (χ3v) is 1.94. The monoisotopic (exact) mass is 220 g/mol. The number of benzene rings is 1. The van der Waals surface area contributed by atoms with E-state index < -0.39 is 11.7 Å². The first-order valence-corrected chi connectivity index (χ1v) is 4.41. The van der Waals surface area contributed by atoms with Gasteiger partial charge in [0, 0.05) is 6.07 Å².